The van der Waals surface area contributed by atoms with Gasteiger partial charge in [0.2, 0.25) is 0 Å². The van der Waals surface area contributed by atoms with Gasteiger partial charge in [0.15, 0.2) is 0 Å². The molecule has 6 nitrogen and oxygen atoms in total. The van der Waals surface area contributed by atoms with Gasteiger partial charge in [-0.3, -0.25) is 4.18 Å². The molecule has 0 saturated heterocycles. The Hall–Kier alpha value is -1.93. The fourth-order valence-electron chi connectivity index (χ4n) is 2.40. The number of aryl methyl sites for hydroxylation is 2. The highest BCUT2D eigenvalue weighted by Crippen LogP contribution is 2.17. The summed E-state index contributed by atoms with van der Waals surface area (Å²) in [6.45, 7) is 3.53. The second-order valence-electron chi connectivity index (χ2n) is 6.08. The van der Waals surface area contributed by atoms with Crippen LogP contribution in [0.2, 0.25) is 0 Å². The maximum atomic E-state index is 12.2. The Labute approximate surface area is 154 Å². The highest BCUT2D eigenvalue weighted by Gasteiger charge is 2.18. The minimum absolute atomic E-state index is 0.0333. The number of ether oxygens (including phenoxy) is 2. The first-order valence-corrected chi connectivity index (χ1v) is 9.57. The first-order chi connectivity index (χ1) is 12.3. The molecule has 1 atom stereocenters. The van der Waals surface area contributed by atoms with Crippen LogP contribution in [0, 0.1) is 13.8 Å². The van der Waals surface area contributed by atoms with Gasteiger partial charge in [-0.15, -0.1) is 0 Å². The van der Waals surface area contributed by atoms with Gasteiger partial charge in [-0.05, 0) is 54.8 Å². The Balaban J connectivity index is 1.80. The molecular weight excluding hydrogens is 356 g/mol. The summed E-state index contributed by atoms with van der Waals surface area (Å²) in [5, 5.41) is 9.89. The van der Waals surface area contributed by atoms with Crippen molar-refractivity contribution < 1.29 is 27.2 Å². The summed E-state index contributed by atoms with van der Waals surface area (Å²) in [5.41, 5.74) is 2.58. The minimum atomic E-state index is -3.91. The molecule has 7 heteroatoms. The third-order valence-corrected chi connectivity index (χ3v) is 4.90. The molecule has 0 aliphatic heterocycles. The lowest BCUT2D eigenvalue weighted by atomic mass is 10.2. The van der Waals surface area contributed by atoms with Crippen LogP contribution in [0.4, 0.5) is 0 Å². The molecule has 0 amide bonds. The lowest BCUT2D eigenvalue weighted by molar-refractivity contribution is 0.00668. The van der Waals surface area contributed by atoms with Gasteiger partial charge in [0.05, 0.1) is 31.8 Å². The number of hydrogen-bond donors (Lipinski definition) is 1. The monoisotopic (exact) mass is 380 g/mol. The molecule has 0 radical (unpaired) electrons. The van der Waals surface area contributed by atoms with Gasteiger partial charge in [-0.2, -0.15) is 8.42 Å². The number of aliphatic hydroxyl groups is 1. The minimum Gasteiger partial charge on any atom is -0.497 e. The van der Waals surface area contributed by atoms with Crippen LogP contribution in [0.15, 0.2) is 47.4 Å². The summed E-state index contributed by atoms with van der Waals surface area (Å²) >= 11 is 0. The topological polar surface area (TPSA) is 82.1 Å². The van der Waals surface area contributed by atoms with Gasteiger partial charge >= 0.3 is 0 Å². The standard InChI is InChI=1S/C19H24O6S/c1-14-8-15(2)10-19(9-14)26(21,22)25-13-17(20)12-24-11-16-4-6-18(23-3)7-5-16/h4-10,17,20H,11-13H2,1-3H3/t17-/m1/s1. The van der Waals surface area contributed by atoms with Gasteiger partial charge in [-0.25, -0.2) is 0 Å². The highest BCUT2D eigenvalue weighted by atomic mass is 32.2. The molecule has 26 heavy (non-hydrogen) atoms. The Morgan fingerprint density at radius 3 is 2.19 bits per heavy atom. The molecule has 0 heterocycles. The predicted molar refractivity (Wildman–Crippen MR) is 97.7 cm³/mol. The number of methoxy groups -OCH3 is 1. The van der Waals surface area contributed by atoms with Crippen LogP contribution in [0.1, 0.15) is 16.7 Å². The van der Waals surface area contributed by atoms with Gasteiger partial charge in [0, 0.05) is 0 Å². The first-order valence-electron chi connectivity index (χ1n) is 8.16. The third kappa shape index (κ3) is 6.10. The van der Waals surface area contributed by atoms with Crippen molar-refractivity contribution in [2.45, 2.75) is 31.5 Å². The second-order valence-corrected chi connectivity index (χ2v) is 7.69. The molecule has 0 saturated carbocycles. The van der Waals surface area contributed by atoms with Crippen LogP contribution in [-0.2, 0) is 25.6 Å². The van der Waals surface area contributed by atoms with Crippen LogP contribution in [0.3, 0.4) is 0 Å². The Morgan fingerprint density at radius 2 is 1.62 bits per heavy atom. The molecule has 2 aromatic rings. The van der Waals surface area contributed by atoms with Gasteiger partial charge in [0.25, 0.3) is 10.1 Å². The maximum absolute atomic E-state index is 12.2. The fourth-order valence-corrected chi connectivity index (χ4v) is 3.53. The average molecular weight is 380 g/mol. The zero-order chi connectivity index (χ0) is 19.2. The van der Waals surface area contributed by atoms with E-state index in [4.69, 9.17) is 13.7 Å². The second kappa shape index (κ2) is 9.14. The van der Waals surface area contributed by atoms with Crippen LogP contribution in [-0.4, -0.2) is 40.0 Å². The summed E-state index contributed by atoms with van der Waals surface area (Å²) in [6.07, 6.45) is -1.05. The number of rotatable bonds is 9. The Bertz CT molecular complexity index is 794. The zero-order valence-corrected chi connectivity index (χ0v) is 16.0. The molecular formula is C19H24O6S. The molecule has 0 spiro atoms. The van der Waals surface area contributed by atoms with E-state index in [2.05, 4.69) is 0 Å². The van der Waals surface area contributed by atoms with E-state index in [0.717, 1.165) is 22.4 Å². The SMILES string of the molecule is COc1ccc(COC[C@@H](O)COS(=O)(=O)c2cc(C)cc(C)c2)cc1. The average Bonchev–Trinajstić information content (AvgIpc) is 2.60. The molecule has 0 aliphatic carbocycles. The van der Waals surface area contributed by atoms with Crippen molar-refractivity contribution in [3.8, 4) is 5.75 Å². The van der Waals surface area contributed by atoms with Crippen LogP contribution < -0.4 is 4.74 Å². The molecule has 0 fully saturated rings. The van der Waals surface area contributed by atoms with Crippen molar-refractivity contribution in [3.63, 3.8) is 0 Å². The summed E-state index contributed by atoms with van der Waals surface area (Å²) in [7, 11) is -2.32. The Kier molecular flexibility index (Phi) is 7.16. The van der Waals surface area contributed by atoms with E-state index in [0.29, 0.717) is 6.61 Å². The van der Waals surface area contributed by atoms with Gasteiger partial charge in [-0.1, -0.05) is 18.2 Å². The molecule has 2 aromatic carbocycles. The number of aliphatic hydroxyl groups excluding tert-OH is 1. The lowest BCUT2D eigenvalue weighted by Gasteiger charge is -2.13. The van der Waals surface area contributed by atoms with Crippen molar-refractivity contribution >= 4 is 10.1 Å². The van der Waals surface area contributed by atoms with Crippen molar-refractivity contribution in [2.75, 3.05) is 20.3 Å². The van der Waals surface area contributed by atoms with E-state index in [1.165, 1.54) is 12.1 Å². The Morgan fingerprint density at radius 1 is 1.00 bits per heavy atom. The molecule has 142 valence electrons. The summed E-state index contributed by atoms with van der Waals surface area (Å²) < 4.78 is 39.8. The first kappa shape index (κ1) is 20.4. The van der Waals surface area contributed by atoms with Crippen LogP contribution in [0.5, 0.6) is 5.75 Å². The molecule has 0 aromatic heterocycles. The summed E-state index contributed by atoms with van der Waals surface area (Å²) in [5.74, 6) is 0.749. The highest BCUT2D eigenvalue weighted by molar-refractivity contribution is 7.86. The van der Waals surface area contributed by atoms with Crippen molar-refractivity contribution in [1.82, 2.24) is 0 Å². The largest absolute Gasteiger partial charge is 0.497 e. The maximum Gasteiger partial charge on any atom is 0.297 e. The molecule has 0 unspecified atom stereocenters. The van der Waals surface area contributed by atoms with E-state index < -0.39 is 16.2 Å². The quantitative estimate of drug-likeness (QED) is 0.674. The smallest absolute Gasteiger partial charge is 0.297 e. The molecule has 0 bridgehead atoms. The van der Waals surface area contributed by atoms with E-state index >= 15 is 0 Å². The molecule has 2 rings (SSSR count). The van der Waals surface area contributed by atoms with Crippen molar-refractivity contribution in [3.05, 3.63) is 59.2 Å². The van der Waals surface area contributed by atoms with Crippen molar-refractivity contribution in [2.24, 2.45) is 0 Å². The summed E-state index contributed by atoms with van der Waals surface area (Å²) in [4.78, 5) is 0.0846. The molecule has 0 aliphatic rings. The van der Waals surface area contributed by atoms with E-state index in [1.54, 1.807) is 7.11 Å². The lowest BCUT2D eigenvalue weighted by Crippen LogP contribution is -2.24. The molecule has 1 N–H and O–H groups in total. The number of benzene rings is 2. The van der Waals surface area contributed by atoms with Gasteiger partial charge in [0.1, 0.15) is 11.9 Å². The van der Waals surface area contributed by atoms with Crippen molar-refractivity contribution in [1.29, 1.82) is 0 Å². The van der Waals surface area contributed by atoms with E-state index in [1.807, 2.05) is 44.2 Å². The van der Waals surface area contributed by atoms with Crippen LogP contribution >= 0.6 is 0 Å². The predicted octanol–water partition coefficient (Wildman–Crippen LogP) is 2.60. The third-order valence-electron chi connectivity index (χ3n) is 3.64. The van der Waals surface area contributed by atoms with E-state index in [-0.39, 0.29) is 18.1 Å². The summed E-state index contributed by atoms with van der Waals surface area (Å²) in [6, 6.07) is 12.3. The van der Waals surface area contributed by atoms with Crippen LogP contribution in [0.25, 0.3) is 0 Å². The zero-order valence-electron chi connectivity index (χ0n) is 15.1. The van der Waals surface area contributed by atoms with E-state index in [9.17, 15) is 13.5 Å². The van der Waals surface area contributed by atoms with Gasteiger partial charge < -0.3 is 14.6 Å². The fraction of sp³-hybridized carbons (Fsp3) is 0.368. The normalized spacial score (nSPS) is 12.8. The number of hydrogen-bond acceptors (Lipinski definition) is 6.